The quantitative estimate of drug-likeness (QED) is 0.833. The molecule has 3 rings (SSSR count). The molecule has 3 N–H and O–H groups in total. The Morgan fingerprint density at radius 2 is 2.33 bits per heavy atom. The van der Waals surface area contributed by atoms with E-state index in [2.05, 4.69) is 16.4 Å². The molecule has 0 aliphatic heterocycles. The van der Waals surface area contributed by atoms with E-state index in [4.69, 9.17) is 17.3 Å². The highest BCUT2D eigenvalue weighted by atomic mass is 35.5. The van der Waals surface area contributed by atoms with Crippen LogP contribution in [0.3, 0.4) is 0 Å². The topological polar surface area (TPSA) is 91.8 Å². The standard InChI is InChI=1S/C14H11ClN4OS/c15-12-4-8(10(17)6-18-12)13(20)19-14-9(5-16)7-2-1-3-11(7)21-14/h4,6H,1-3,17H2,(H,19,20). The number of nitrogens with one attached hydrogen (secondary N) is 1. The lowest BCUT2D eigenvalue weighted by atomic mass is 10.1. The molecule has 106 valence electrons. The minimum Gasteiger partial charge on any atom is -0.397 e. The number of hydrogen-bond acceptors (Lipinski definition) is 5. The summed E-state index contributed by atoms with van der Waals surface area (Å²) < 4.78 is 0. The summed E-state index contributed by atoms with van der Waals surface area (Å²) in [6.07, 6.45) is 4.27. The zero-order valence-corrected chi connectivity index (χ0v) is 12.5. The van der Waals surface area contributed by atoms with Crippen molar-refractivity contribution in [3.05, 3.63) is 39.0 Å². The Balaban J connectivity index is 1.92. The number of carbonyl (C=O) groups excluding carboxylic acids is 1. The van der Waals surface area contributed by atoms with Gasteiger partial charge in [-0.2, -0.15) is 5.26 Å². The second-order valence-electron chi connectivity index (χ2n) is 4.72. The smallest absolute Gasteiger partial charge is 0.258 e. The van der Waals surface area contributed by atoms with Crippen LogP contribution in [-0.4, -0.2) is 10.9 Å². The van der Waals surface area contributed by atoms with Gasteiger partial charge in [0.15, 0.2) is 0 Å². The summed E-state index contributed by atoms with van der Waals surface area (Å²) in [5.74, 6) is -0.381. The van der Waals surface area contributed by atoms with Gasteiger partial charge in [0.05, 0.1) is 23.0 Å². The summed E-state index contributed by atoms with van der Waals surface area (Å²) in [5, 5.41) is 12.8. The van der Waals surface area contributed by atoms with E-state index in [-0.39, 0.29) is 22.3 Å². The minimum absolute atomic E-state index is 0.198. The van der Waals surface area contributed by atoms with Crippen molar-refractivity contribution in [3.63, 3.8) is 0 Å². The maximum atomic E-state index is 12.3. The summed E-state index contributed by atoms with van der Waals surface area (Å²) in [6.45, 7) is 0. The van der Waals surface area contributed by atoms with E-state index in [0.717, 1.165) is 24.8 Å². The number of halogens is 1. The van der Waals surface area contributed by atoms with Crippen LogP contribution in [-0.2, 0) is 12.8 Å². The van der Waals surface area contributed by atoms with Crippen LogP contribution in [0.4, 0.5) is 10.7 Å². The average Bonchev–Trinajstić information content (AvgIpc) is 3.01. The molecule has 0 saturated heterocycles. The van der Waals surface area contributed by atoms with E-state index in [0.29, 0.717) is 10.6 Å². The number of rotatable bonds is 2. The number of thiophene rings is 1. The van der Waals surface area contributed by atoms with Crippen LogP contribution in [0.5, 0.6) is 0 Å². The number of aromatic nitrogens is 1. The normalized spacial score (nSPS) is 12.8. The molecule has 0 radical (unpaired) electrons. The molecule has 0 aromatic carbocycles. The first-order chi connectivity index (χ1) is 10.1. The van der Waals surface area contributed by atoms with E-state index in [1.54, 1.807) is 0 Å². The Labute approximate surface area is 130 Å². The Morgan fingerprint density at radius 1 is 1.52 bits per heavy atom. The third-order valence-electron chi connectivity index (χ3n) is 3.41. The highest BCUT2D eigenvalue weighted by Gasteiger charge is 2.23. The van der Waals surface area contributed by atoms with E-state index in [1.165, 1.54) is 28.5 Å². The molecule has 5 nitrogen and oxygen atoms in total. The Morgan fingerprint density at radius 3 is 3.10 bits per heavy atom. The molecular weight excluding hydrogens is 308 g/mol. The second-order valence-corrected chi connectivity index (χ2v) is 6.21. The molecule has 2 aromatic heterocycles. The molecule has 0 spiro atoms. The lowest BCUT2D eigenvalue weighted by Crippen LogP contribution is -2.14. The van der Waals surface area contributed by atoms with Crippen LogP contribution < -0.4 is 11.1 Å². The molecule has 2 aromatic rings. The molecule has 21 heavy (non-hydrogen) atoms. The number of fused-ring (bicyclic) bond motifs is 1. The number of nitrogen functional groups attached to an aromatic ring is 1. The van der Waals surface area contributed by atoms with Crippen molar-refractivity contribution in [1.82, 2.24) is 4.98 Å². The van der Waals surface area contributed by atoms with Crippen LogP contribution in [0.2, 0.25) is 5.15 Å². The third kappa shape index (κ3) is 2.46. The number of amides is 1. The molecule has 1 aliphatic carbocycles. The Hall–Kier alpha value is -2.10. The van der Waals surface area contributed by atoms with E-state index in [1.807, 2.05) is 0 Å². The number of anilines is 2. The molecule has 0 unspecified atom stereocenters. The van der Waals surface area contributed by atoms with Crippen molar-refractivity contribution in [2.24, 2.45) is 0 Å². The van der Waals surface area contributed by atoms with Gasteiger partial charge in [0.2, 0.25) is 0 Å². The number of nitriles is 1. The van der Waals surface area contributed by atoms with Crippen molar-refractivity contribution in [2.75, 3.05) is 11.1 Å². The van der Waals surface area contributed by atoms with Gasteiger partial charge in [-0.25, -0.2) is 4.98 Å². The summed E-state index contributed by atoms with van der Waals surface area (Å²) in [5.41, 5.74) is 7.89. The summed E-state index contributed by atoms with van der Waals surface area (Å²) in [6, 6.07) is 3.60. The number of nitrogens with zero attached hydrogens (tertiary/aromatic N) is 2. The summed E-state index contributed by atoms with van der Waals surface area (Å²) >= 11 is 7.25. The molecule has 0 bridgehead atoms. The van der Waals surface area contributed by atoms with E-state index in [9.17, 15) is 10.1 Å². The fourth-order valence-corrected chi connectivity index (χ4v) is 3.81. The van der Waals surface area contributed by atoms with Crippen molar-refractivity contribution >= 4 is 39.5 Å². The van der Waals surface area contributed by atoms with Crippen LogP contribution in [0.25, 0.3) is 0 Å². The van der Waals surface area contributed by atoms with Gasteiger partial charge >= 0.3 is 0 Å². The number of carbonyl (C=O) groups is 1. The highest BCUT2D eigenvalue weighted by Crippen LogP contribution is 2.38. The van der Waals surface area contributed by atoms with Crippen LogP contribution in [0.1, 0.15) is 32.8 Å². The van der Waals surface area contributed by atoms with Gasteiger partial charge in [-0.3, -0.25) is 4.79 Å². The zero-order chi connectivity index (χ0) is 15.0. The fraction of sp³-hybridized carbons (Fsp3) is 0.214. The monoisotopic (exact) mass is 318 g/mol. The lowest BCUT2D eigenvalue weighted by Gasteiger charge is -2.06. The second kappa shape index (κ2) is 5.35. The molecule has 7 heteroatoms. The van der Waals surface area contributed by atoms with Gasteiger partial charge in [0, 0.05) is 4.88 Å². The summed E-state index contributed by atoms with van der Waals surface area (Å²) in [7, 11) is 0. The van der Waals surface area contributed by atoms with Gasteiger partial charge < -0.3 is 11.1 Å². The third-order valence-corrected chi connectivity index (χ3v) is 4.82. The zero-order valence-electron chi connectivity index (χ0n) is 10.9. The fourth-order valence-electron chi connectivity index (χ4n) is 2.42. The number of pyridine rings is 1. The Bertz CT molecular complexity index is 778. The number of aryl methyl sites for hydroxylation is 1. The van der Waals surface area contributed by atoms with Gasteiger partial charge in [-0.05, 0) is 30.9 Å². The molecule has 0 atom stereocenters. The van der Waals surface area contributed by atoms with Crippen LogP contribution in [0, 0.1) is 11.3 Å². The first-order valence-electron chi connectivity index (χ1n) is 6.37. The largest absolute Gasteiger partial charge is 0.397 e. The predicted molar refractivity (Wildman–Crippen MR) is 82.7 cm³/mol. The van der Waals surface area contributed by atoms with Gasteiger partial charge in [0.25, 0.3) is 5.91 Å². The van der Waals surface area contributed by atoms with Crippen LogP contribution >= 0.6 is 22.9 Å². The lowest BCUT2D eigenvalue weighted by molar-refractivity contribution is 0.102. The van der Waals surface area contributed by atoms with Crippen molar-refractivity contribution in [2.45, 2.75) is 19.3 Å². The maximum absolute atomic E-state index is 12.3. The SMILES string of the molecule is N#Cc1c(NC(=O)c2cc(Cl)ncc2N)sc2c1CCC2. The minimum atomic E-state index is -0.381. The highest BCUT2D eigenvalue weighted by molar-refractivity contribution is 7.16. The van der Waals surface area contributed by atoms with E-state index < -0.39 is 0 Å². The maximum Gasteiger partial charge on any atom is 0.258 e. The van der Waals surface area contributed by atoms with Crippen LogP contribution in [0.15, 0.2) is 12.3 Å². The molecule has 1 amide bonds. The Kier molecular flexibility index (Phi) is 3.53. The first kappa shape index (κ1) is 13.9. The van der Waals surface area contributed by atoms with E-state index >= 15 is 0 Å². The molecular formula is C14H11ClN4OS. The number of nitrogens with two attached hydrogens (primary N) is 1. The first-order valence-corrected chi connectivity index (χ1v) is 7.56. The van der Waals surface area contributed by atoms with Gasteiger partial charge in [-0.1, -0.05) is 11.6 Å². The average molecular weight is 319 g/mol. The van der Waals surface area contributed by atoms with Crippen molar-refractivity contribution < 1.29 is 4.79 Å². The van der Waals surface area contributed by atoms with Crippen molar-refractivity contribution in [3.8, 4) is 6.07 Å². The molecule has 0 fully saturated rings. The molecule has 0 saturated carbocycles. The number of hydrogen-bond donors (Lipinski definition) is 2. The van der Waals surface area contributed by atoms with Crippen molar-refractivity contribution in [1.29, 1.82) is 5.26 Å². The predicted octanol–water partition coefficient (Wildman–Crippen LogP) is 2.99. The molecule has 2 heterocycles. The molecule has 1 aliphatic rings. The summed E-state index contributed by atoms with van der Waals surface area (Å²) in [4.78, 5) is 17.3. The van der Waals surface area contributed by atoms with Gasteiger partial charge in [-0.15, -0.1) is 11.3 Å². The van der Waals surface area contributed by atoms with Gasteiger partial charge in [0.1, 0.15) is 16.2 Å².